The van der Waals surface area contributed by atoms with Crippen LogP contribution in [-0.2, 0) is 4.79 Å². The number of hydrogen-bond acceptors (Lipinski definition) is 3. The molecule has 120 valence electrons. The zero-order valence-electron chi connectivity index (χ0n) is 12.8. The molecule has 1 amide bonds. The highest BCUT2D eigenvalue weighted by Crippen LogP contribution is 2.25. The minimum absolute atomic E-state index is 0. The van der Waals surface area contributed by atoms with Gasteiger partial charge in [-0.15, -0.1) is 12.4 Å². The van der Waals surface area contributed by atoms with E-state index in [9.17, 15) is 4.79 Å². The van der Waals surface area contributed by atoms with E-state index in [1.807, 2.05) is 37.3 Å². The number of hydrogen-bond donors (Lipinski definition) is 2. The molecule has 3 rings (SSSR count). The summed E-state index contributed by atoms with van der Waals surface area (Å²) in [6.45, 7) is 4.82. The Labute approximate surface area is 137 Å². The first-order valence-electron chi connectivity index (χ1n) is 7.71. The highest BCUT2D eigenvalue weighted by atomic mass is 35.5. The molecule has 1 fully saturated rings. The number of furan rings is 1. The van der Waals surface area contributed by atoms with Gasteiger partial charge in [0, 0.05) is 11.9 Å². The van der Waals surface area contributed by atoms with Gasteiger partial charge in [0.25, 0.3) is 0 Å². The highest BCUT2D eigenvalue weighted by Gasteiger charge is 2.20. The summed E-state index contributed by atoms with van der Waals surface area (Å²) in [6, 6.07) is 9.80. The molecule has 0 saturated carbocycles. The van der Waals surface area contributed by atoms with Crippen LogP contribution in [-0.4, -0.2) is 25.5 Å². The van der Waals surface area contributed by atoms with E-state index in [0.717, 1.165) is 42.8 Å². The van der Waals surface area contributed by atoms with E-state index < -0.39 is 0 Å². The zero-order valence-corrected chi connectivity index (χ0v) is 13.6. The Bertz CT molecular complexity index is 587. The molecule has 2 aromatic rings. The second kappa shape index (κ2) is 7.65. The summed E-state index contributed by atoms with van der Waals surface area (Å²) in [5.41, 5.74) is 0.837. The van der Waals surface area contributed by atoms with Gasteiger partial charge in [0.15, 0.2) is 0 Å². The molecule has 2 atom stereocenters. The number of amides is 1. The zero-order chi connectivity index (χ0) is 14.7. The molecule has 0 aliphatic carbocycles. The van der Waals surface area contributed by atoms with E-state index in [0.29, 0.717) is 5.92 Å². The minimum atomic E-state index is -0.251. The average Bonchev–Trinajstić information content (AvgIpc) is 3.15. The van der Waals surface area contributed by atoms with Gasteiger partial charge in [-0.3, -0.25) is 4.79 Å². The molecule has 22 heavy (non-hydrogen) atoms. The smallest absolute Gasteiger partial charge is 0.230 e. The van der Waals surface area contributed by atoms with Crippen molar-refractivity contribution in [3.05, 3.63) is 36.1 Å². The monoisotopic (exact) mass is 322 g/mol. The SMILES string of the molecule is CC(C(=O)NCCC1CCNC1)c1cc2ccccc2o1.Cl. The summed E-state index contributed by atoms with van der Waals surface area (Å²) in [4.78, 5) is 12.2. The Hall–Kier alpha value is -1.52. The van der Waals surface area contributed by atoms with Crippen LogP contribution >= 0.6 is 12.4 Å². The second-order valence-corrected chi connectivity index (χ2v) is 5.85. The average molecular weight is 323 g/mol. The molecule has 1 saturated heterocycles. The largest absolute Gasteiger partial charge is 0.460 e. The van der Waals surface area contributed by atoms with Crippen LogP contribution in [0, 0.1) is 5.92 Å². The van der Waals surface area contributed by atoms with Gasteiger partial charge in [-0.05, 0) is 50.9 Å². The van der Waals surface area contributed by atoms with Crippen molar-refractivity contribution in [1.29, 1.82) is 0 Å². The van der Waals surface area contributed by atoms with Gasteiger partial charge in [-0.1, -0.05) is 18.2 Å². The molecule has 1 aromatic heterocycles. The quantitative estimate of drug-likeness (QED) is 0.889. The van der Waals surface area contributed by atoms with Crippen LogP contribution in [0.5, 0.6) is 0 Å². The van der Waals surface area contributed by atoms with Crippen LogP contribution in [0.1, 0.15) is 31.4 Å². The van der Waals surface area contributed by atoms with E-state index in [4.69, 9.17) is 4.42 Å². The number of benzene rings is 1. The first-order chi connectivity index (χ1) is 10.2. The Kier molecular flexibility index (Phi) is 5.86. The van der Waals surface area contributed by atoms with Gasteiger partial charge in [-0.2, -0.15) is 0 Å². The molecule has 2 N–H and O–H groups in total. The van der Waals surface area contributed by atoms with Gasteiger partial charge in [0.2, 0.25) is 5.91 Å². The standard InChI is InChI=1S/C17H22N2O2.ClH/c1-12(16-10-14-4-2-3-5-15(14)21-16)17(20)19-9-7-13-6-8-18-11-13;/h2-5,10,12-13,18H,6-9,11H2,1H3,(H,19,20);1H. The van der Waals surface area contributed by atoms with Crippen LogP contribution < -0.4 is 10.6 Å². The fourth-order valence-electron chi connectivity index (χ4n) is 2.86. The summed E-state index contributed by atoms with van der Waals surface area (Å²) >= 11 is 0. The molecule has 1 aromatic carbocycles. The number of para-hydroxylation sites is 1. The highest BCUT2D eigenvalue weighted by molar-refractivity contribution is 5.85. The lowest BCUT2D eigenvalue weighted by molar-refractivity contribution is -0.122. The van der Waals surface area contributed by atoms with Crippen molar-refractivity contribution in [3.63, 3.8) is 0 Å². The fraction of sp³-hybridized carbons (Fsp3) is 0.471. The topological polar surface area (TPSA) is 54.3 Å². The molecule has 0 spiro atoms. The Balaban J connectivity index is 0.00000176. The number of halogens is 1. The minimum Gasteiger partial charge on any atom is -0.460 e. The molecular formula is C17H23ClN2O2. The predicted octanol–water partition coefficient (Wildman–Crippen LogP) is 3.07. The normalized spacial score (nSPS) is 18.9. The molecule has 0 radical (unpaired) electrons. The van der Waals surface area contributed by atoms with E-state index in [1.165, 1.54) is 6.42 Å². The first kappa shape index (κ1) is 16.8. The predicted molar refractivity (Wildman–Crippen MR) is 90.5 cm³/mol. The number of nitrogens with one attached hydrogen (secondary N) is 2. The third-order valence-electron chi connectivity index (χ3n) is 4.28. The number of rotatable bonds is 5. The summed E-state index contributed by atoms with van der Waals surface area (Å²) in [6.07, 6.45) is 2.26. The van der Waals surface area contributed by atoms with Crippen LogP contribution in [0.15, 0.2) is 34.7 Å². The Morgan fingerprint density at radius 1 is 1.45 bits per heavy atom. The maximum Gasteiger partial charge on any atom is 0.230 e. The second-order valence-electron chi connectivity index (χ2n) is 5.85. The van der Waals surface area contributed by atoms with E-state index in [2.05, 4.69) is 10.6 Å². The van der Waals surface area contributed by atoms with Gasteiger partial charge < -0.3 is 15.1 Å². The van der Waals surface area contributed by atoms with Gasteiger partial charge in [0.05, 0.1) is 5.92 Å². The fourth-order valence-corrected chi connectivity index (χ4v) is 2.86. The maximum absolute atomic E-state index is 12.2. The van der Waals surface area contributed by atoms with Gasteiger partial charge in [-0.25, -0.2) is 0 Å². The molecule has 0 bridgehead atoms. The summed E-state index contributed by atoms with van der Waals surface area (Å²) in [7, 11) is 0. The lowest BCUT2D eigenvalue weighted by Gasteiger charge is -2.12. The summed E-state index contributed by atoms with van der Waals surface area (Å²) in [5, 5.41) is 7.42. The van der Waals surface area contributed by atoms with Crippen molar-refractivity contribution in [2.75, 3.05) is 19.6 Å². The third kappa shape index (κ3) is 3.81. The van der Waals surface area contributed by atoms with Crippen molar-refractivity contribution >= 4 is 29.3 Å². The molecule has 2 unspecified atom stereocenters. The molecule has 2 heterocycles. The lowest BCUT2D eigenvalue weighted by atomic mass is 10.0. The van der Waals surface area contributed by atoms with Gasteiger partial charge in [0.1, 0.15) is 11.3 Å². The molecule has 4 nitrogen and oxygen atoms in total. The molecule has 5 heteroatoms. The number of carbonyl (C=O) groups is 1. The first-order valence-corrected chi connectivity index (χ1v) is 7.71. The van der Waals surface area contributed by atoms with Crippen LogP contribution in [0.2, 0.25) is 0 Å². The van der Waals surface area contributed by atoms with E-state index >= 15 is 0 Å². The van der Waals surface area contributed by atoms with E-state index in [1.54, 1.807) is 0 Å². The van der Waals surface area contributed by atoms with Crippen LogP contribution in [0.3, 0.4) is 0 Å². The van der Waals surface area contributed by atoms with Crippen molar-refractivity contribution in [3.8, 4) is 0 Å². The van der Waals surface area contributed by atoms with Crippen LogP contribution in [0.25, 0.3) is 11.0 Å². The lowest BCUT2D eigenvalue weighted by Crippen LogP contribution is -2.30. The van der Waals surface area contributed by atoms with E-state index in [-0.39, 0.29) is 24.2 Å². The Morgan fingerprint density at radius 3 is 3.00 bits per heavy atom. The van der Waals surface area contributed by atoms with Gasteiger partial charge >= 0.3 is 0 Å². The number of carbonyl (C=O) groups excluding carboxylic acids is 1. The summed E-state index contributed by atoms with van der Waals surface area (Å²) in [5.74, 6) is 1.22. The van der Waals surface area contributed by atoms with Crippen LogP contribution in [0.4, 0.5) is 0 Å². The van der Waals surface area contributed by atoms with Crippen molar-refractivity contribution in [2.45, 2.75) is 25.7 Å². The molecule has 1 aliphatic heterocycles. The molecule has 1 aliphatic rings. The Morgan fingerprint density at radius 2 is 2.27 bits per heavy atom. The third-order valence-corrected chi connectivity index (χ3v) is 4.28. The maximum atomic E-state index is 12.2. The molecular weight excluding hydrogens is 300 g/mol. The van der Waals surface area contributed by atoms with Crippen molar-refractivity contribution < 1.29 is 9.21 Å². The van der Waals surface area contributed by atoms with Crippen molar-refractivity contribution in [1.82, 2.24) is 10.6 Å². The number of fused-ring (bicyclic) bond motifs is 1. The van der Waals surface area contributed by atoms with Crippen molar-refractivity contribution in [2.24, 2.45) is 5.92 Å². The summed E-state index contributed by atoms with van der Waals surface area (Å²) < 4.78 is 5.76.